The SMILES string of the molecule is CCCOc1ccc(Cn2c(=O)[nH]c3ccsc3c2=O)cc1. The Hall–Kier alpha value is -2.34. The molecule has 114 valence electrons. The van der Waals surface area contributed by atoms with Gasteiger partial charge in [-0.05, 0) is 35.6 Å². The topological polar surface area (TPSA) is 64.1 Å². The minimum Gasteiger partial charge on any atom is -0.494 e. The van der Waals surface area contributed by atoms with Crippen LogP contribution in [-0.2, 0) is 6.54 Å². The maximum Gasteiger partial charge on any atom is 0.329 e. The molecule has 6 heteroatoms. The van der Waals surface area contributed by atoms with E-state index in [0.29, 0.717) is 16.8 Å². The number of ether oxygens (including phenoxy) is 1. The summed E-state index contributed by atoms with van der Waals surface area (Å²) in [5.41, 5.74) is 0.842. The van der Waals surface area contributed by atoms with Crippen molar-refractivity contribution in [3.05, 3.63) is 62.1 Å². The molecule has 0 unspecified atom stereocenters. The van der Waals surface area contributed by atoms with Gasteiger partial charge in [-0.1, -0.05) is 19.1 Å². The van der Waals surface area contributed by atoms with Gasteiger partial charge in [0.1, 0.15) is 10.4 Å². The molecule has 0 aliphatic rings. The molecule has 0 saturated heterocycles. The van der Waals surface area contributed by atoms with E-state index in [4.69, 9.17) is 4.74 Å². The predicted octanol–water partition coefficient (Wildman–Crippen LogP) is 2.59. The maximum absolute atomic E-state index is 12.4. The predicted molar refractivity (Wildman–Crippen MR) is 88.0 cm³/mol. The summed E-state index contributed by atoms with van der Waals surface area (Å²) in [6, 6.07) is 9.19. The van der Waals surface area contributed by atoms with Crippen LogP contribution >= 0.6 is 11.3 Å². The molecular formula is C16H16N2O3S. The van der Waals surface area contributed by atoms with Gasteiger partial charge in [0.05, 0.1) is 18.7 Å². The lowest BCUT2D eigenvalue weighted by Crippen LogP contribution is -2.34. The van der Waals surface area contributed by atoms with Crippen LogP contribution in [0.4, 0.5) is 0 Å². The molecule has 22 heavy (non-hydrogen) atoms. The number of nitrogens with one attached hydrogen (secondary N) is 1. The number of nitrogens with zero attached hydrogens (tertiary/aromatic N) is 1. The molecule has 0 bridgehead atoms. The van der Waals surface area contributed by atoms with Crippen LogP contribution in [0.25, 0.3) is 10.2 Å². The summed E-state index contributed by atoms with van der Waals surface area (Å²) in [5.74, 6) is 0.792. The van der Waals surface area contributed by atoms with Crippen molar-refractivity contribution in [2.24, 2.45) is 0 Å². The zero-order valence-corrected chi connectivity index (χ0v) is 13.0. The standard InChI is InChI=1S/C16H16N2O3S/c1-2-8-21-12-5-3-11(4-6-12)10-18-15(19)14-13(7-9-22-14)17-16(18)20/h3-7,9H,2,8,10H2,1H3,(H,17,20). The molecule has 3 rings (SSSR count). The quantitative estimate of drug-likeness (QED) is 0.787. The molecule has 0 aliphatic heterocycles. The number of rotatable bonds is 5. The summed E-state index contributed by atoms with van der Waals surface area (Å²) in [6.07, 6.45) is 0.952. The van der Waals surface area contributed by atoms with Crippen LogP contribution in [0.15, 0.2) is 45.3 Å². The zero-order chi connectivity index (χ0) is 15.5. The lowest BCUT2D eigenvalue weighted by molar-refractivity contribution is 0.317. The molecule has 2 aromatic heterocycles. The molecule has 0 amide bonds. The van der Waals surface area contributed by atoms with Crippen LogP contribution in [0, 0.1) is 0 Å². The van der Waals surface area contributed by atoms with Crippen molar-refractivity contribution >= 4 is 21.6 Å². The van der Waals surface area contributed by atoms with Crippen molar-refractivity contribution in [3.8, 4) is 5.75 Å². The Morgan fingerprint density at radius 2 is 1.95 bits per heavy atom. The van der Waals surface area contributed by atoms with E-state index in [0.717, 1.165) is 17.7 Å². The highest BCUT2D eigenvalue weighted by Crippen LogP contribution is 2.14. The van der Waals surface area contributed by atoms with Crippen LogP contribution in [0.1, 0.15) is 18.9 Å². The zero-order valence-electron chi connectivity index (χ0n) is 12.2. The second-order valence-corrected chi connectivity index (χ2v) is 5.89. The molecule has 1 aromatic carbocycles. The molecule has 2 heterocycles. The minimum atomic E-state index is -0.387. The van der Waals surface area contributed by atoms with Crippen molar-refractivity contribution < 1.29 is 4.74 Å². The number of aromatic amines is 1. The highest BCUT2D eigenvalue weighted by molar-refractivity contribution is 7.17. The summed E-state index contributed by atoms with van der Waals surface area (Å²) >= 11 is 1.34. The van der Waals surface area contributed by atoms with E-state index in [2.05, 4.69) is 4.98 Å². The fraction of sp³-hybridized carbons (Fsp3) is 0.250. The van der Waals surface area contributed by atoms with E-state index < -0.39 is 0 Å². The van der Waals surface area contributed by atoms with E-state index in [1.807, 2.05) is 31.2 Å². The third-order valence-electron chi connectivity index (χ3n) is 3.33. The van der Waals surface area contributed by atoms with Crippen molar-refractivity contribution in [3.63, 3.8) is 0 Å². The maximum atomic E-state index is 12.4. The van der Waals surface area contributed by atoms with E-state index >= 15 is 0 Å². The Bertz CT molecular complexity index is 890. The van der Waals surface area contributed by atoms with Crippen molar-refractivity contribution in [1.29, 1.82) is 0 Å². The first-order valence-electron chi connectivity index (χ1n) is 7.11. The Labute approximate surface area is 130 Å². The number of benzene rings is 1. The number of H-pyrrole nitrogens is 1. The van der Waals surface area contributed by atoms with Gasteiger partial charge in [-0.3, -0.25) is 9.36 Å². The largest absolute Gasteiger partial charge is 0.494 e. The first-order valence-corrected chi connectivity index (χ1v) is 7.99. The van der Waals surface area contributed by atoms with Gasteiger partial charge in [0.25, 0.3) is 5.56 Å². The number of aromatic nitrogens is 2. The molecule has 3 aromatic rings. The van der Waals surface area contributed by atoms with Crippen LogP contribution in [0.2, 0.25) is 0 Å². The lowest BCUT2D eigenvalue weighted by Gasteiger charge is -2.07. The van der Waals surface area contributed by atoms with Gasteiger partial charge >= 0.3 is 5.69 Å². The van der Waals surface area contributed by atoms with Gasteiger partial charge in [-0.2, -0.15) is 0 Å². The van der Waals surface area contributed by atoms with E-state index in [1.54, 1.807) is 11.4 Å². The second kappa shape index (κ2) is 6.19. The average Bonchev–Trinajstić information content (AvgIpc) is 2.99. The Morgan fingerprint density at radius 3 is 2.68 bits per heavy atom. The Balaban J connectivity index is 1.90. The molecule has 0 spiro atoms. The first-order chi connectivity index (χ1) is 10.7. The third kappa shape index (κ3) is 2.82. The van der Waals surface area contributed by atoms with Crippen molar-refractivity contribution in [1.82, 2.24) is 9.55 Å². The molecule has 0 saturated carbocycles. The highest BCUT2D eigenvalue weighted by atomic mass is 32.1. The Morgan fingerprint density at radius 1 is 1.18 bits per heavy atom. The van der Waals surface area contributed by atoms with Gasteiger partial charge in [-0.15, -0.1) is 11.3 Å². The number of hydrogen-bond donors (Lipinski definition) is 1. The second-order valence-electron chi connectivity index (χ2n) is 4.98. The van der Waals surface area contributed by atoms with Crippen LogP contribution in [0.3, 0.4) is 0 Å². The summed E-state index contributed by atoms with van der Waals surface area (Å²) in [5, 5.41) is 1.80. The molecule has 0 aliphatic carbocycles. The summed E-state index contributed by atoms with van der Waals surface area (Å²) < 4.78 is 7.31. The van der Waals surface area contributed by atoms with E-state index in [-0.39, 0.29) is 17.8 Å². The fourth-order valence-corrected chi connectivity index (χ4v) is 3.01. The number of thiophene rings is 1. The van der Waals surface area contributed by atoms with Crippen molar-refractivity contribution in [2.75, 3.05) is 6.61 Å². The third-order valence-corrected chi connectivity index (χ3v) is 4.23. The molecular weight excluding hydrogens is 300 g/mol. The van der Waals surface area contributed by atoms with Crippen molar-refractivity contribution in [2.45, 2.75) is 19.9 Å². The molecule has 0 fully saturated rings. The number of fused-ring (bicyclic) bond motifs is 1. The van der Waals surface area contributed by atoms with Gasteiger partial charge in [0.15, 0.2) is 0 Å². The number of hydrogen-bond acceptors (Lipinski definition) is 4. The molecule has 5 nitrogen and oxygen atoms in total. The summed E-state index contributed by atoms with van der Waals surface area (Å²) in [6.45, 7) is 2.97. The molecule has 0 radical (unpaired) electrons. The van der Waals surface area contributed by atoms with Gasteiger partial charge in [0.2, 0.25) is 0 Å². The van der Waals surface area contributed by atoms with Gasteiger partial charge < -0.3 is 9.72 Å². The van der Waals surface area contributed by atoms with Crippen LogP contribution < -0.4 is 16.0 Å². The monoisotopic (exact) mass is 316 g/mol. The average molecular weight is 316 g/mol. The van der Waals surface area contributed by atoms with Gasteiger partial charge in [0, 0.05) is 0 Å². The highest BCUT2D eigenvalue weighted by Gasteiger charge is 2.09. The molecule has 1 N–H and O–H groups in total. The first kappa shape index (κ1) is 14.6. The smallest absolute Gasteiger partial charge is 0.329 e. The summed E-state index contributed by atoms with van der Waals surface area (Å²) in [7, 11) is 0. The van der Waals surface area contributed by atoms with Crippen LogP contribution in [-0.4, -0.2) is 16.2 Å². The fourth-order valence-electron chi connectivity index (χ4n) is 2.21. The van der Waals surface area contributed by atoms with Crippen LogP contribution in [0.5, 0.6) is 5.75 Å². The lowest BCUT2D eigenvalue weighted by atomic mass is 10.2. The van der Waals surface area contributed by atoms with E-state index in [9.17, 15) is 9.59 Å². The van der Waals surface area contributed by atoms with Gasteiger partial charge in [-0.25, -0.2) is 4.79 Å². The molecule has 0 atom stereocenters. The summed E-state index contributed by atoms with van der Waals surface area (Å²) in [4.78, 5) is 27.1. The Kier molecular flexibility index (Phi) is 4.11. The normalized spacial score (nSPS) is 11.0. The van der Waals surface area contributed by atoms with E-state index in [1.165, 1.54) is 15.9 Å². The minimum absolute atomic E-state index is 0.246.